The number of thiazole rings is 1. The second-order valence-electron chi connectivity index (χ2n) is 7.38. The van der Waals surface area contributed by atoms with Gasteiger partial charge in [-0.05, 0) is 69.0 Å². The van der Waals surface area contributed by atoms with Gasteiger partial charge in [0.1, 0.15) is 0 Å². The number of sulfonamides is 1. The van der Waals surface area contributed by atoms with Crippen LogP contribution in [0.25, 0.3) is 0 Å². The molecule has 0 bridgehead atoms. The molecule has 4 rings (SSSR count). The molecule has 156 valence electrons. The molecule has 1 amide bonds. The summed E-state index contributed by atoms with van der Waals surface area (Å²) in [5.74, 6) is -0.253. The molecule has 0 saturated heterocycles. The Hall–Kier alpha value is -2.71. The average Bonchev–Trinajstić information content (AvgIpc) is 3.16. The van der Waals surface area contributed by atoms with Gasteiger partial charge in [-0.25, -0.2) is 13.4 Å². The zero-order chi connectivity index (χ0) is 21.3. The highest BCUT2D eigenvalue weighted by Gasteiger charge is 2.22. The first-order chi connectivity index (χ1) is 14.3. The van der Waals surface area contributed by atoms with Crippen molar-refractivity contribution < 1.29 is 13.2 Å². The van der Waals surface area contributed by atoms with Crippen molar-refractivity contribution in [2.75, 3.05) is 16.7 Å². The van der Waals surface area contributed by atoms with E-state index >= 15 is 0 Å². The number of hydrogen-bond donors (Lipinski definition) is 1. The Bertz CT molecular complexity index is 1140. The van der Waals surface area contributed by atoms with Crippen molar-refractivity contribution in [2.24, 2.45) is 0 Å². The molecule has 1 aliphatic carbocycles. The molecule has 0 atom stereocenters. The summed E-state index contributed by atoms with van der Waals surface area (Å²) < 4.78 is 26.9. The lowest BCUT2D eigenvalue weighted by Gasteiger charge is -2.20. The predicted octanol–water partition coefficient (Wildman–Crippen LogP) is 4.41. The number of nitrogens with zero attached hydrogens (tertiary/aromatic N) is 2. The topological polar surface area (TPSA) is 79.4 Å². The maximum Gasteiger partial charge on any atom is 0.264 e. The Morgan fingerprint density at radius 1 is 1.03 bits per heavy atom. The van der Waals surface area contributed by atoms with Gasteiger partial charge >= 0.3 is 0 Å². The summed E-state index contributed by atoms with van der Waals surface area (Å²) in [5, 5.41) is 3.48. The van der Waals surface area contributed by atoms with Gasteiger partial charge in [0.25, 0.3) is 15.9 Å². The molecule has 1 aliphatic rings. The van der Waals surface area contributed by atoms with Crippen LogP contribution in [0, 0.1) is 6.92 Å². The highest BCUT2D eigenvalue weighted by Crippen LogP contribution is 2.30. The van der Waals surface area contributed by atoms with E-state index in [1.54, 1.807) is 48.5 Å². The summed E-state index contributed by atoms with van der Waals surface area (Å²) in [6.45, 7) is 1.91. The number of carbonyl (C=O) groups excluding carboxylic acids is 1. The van der Waals surface area contributed by atoms with Gasteiger partial charge in [0, 0.05) is 17.5 Å². The Morgan fingerprint density at radius 3 is 2.37 bits per heavy atom. The molecule has 1 aromatic heterocycles. The van der Waals surface area contributed by atoms with Gasteiger partial charge in [0.2, 0.25) is 0 Å². The van der Waals surface area contributed by atoms with Crippen LogP contribution in [-0.2, 0) is 22.9 Å². The van der Waals surface area contributed by atoms with Crippen molar-refractivity contribution >= 4 is 38.1 Å². The third-order valence-corrected chi connectivity index (χ3v) is 8.11. The molecule has 1 N–H and O–H groups in total. The zero-order valence-corrected chi connectivity index (χ0v) is 18.5. The van der Waals surface area contributed by atoms with E-state index in [-0.39, 0.29) is 10.8 Å². The minimum atomic E-state index is -3.67. The number of aryl methyl sites for hydroxylation is 3. The molecular weight excluding hydrogens is 418 g/mol. The van der Waals surface area contributed by atoms with Crippen molar-refractivity contribution in [1.29, 1.82) is 0 Å². The summed E-state index contributed by atoms with van der Waals surface area (Å²) in [5.41, 5.74) is 3.03. The molecular formula is C22H23N3O3S2. The second kappa shape index (κ2) is 8.20. The van der Waals surface area contributed by atoms with Crippen molar-refractivity contribution in [3.63, 3.8) is 0 Å². The van der Waals surface area contributed by atoms with E-state index in [1.807, 2.05) is 6.92 Å². The van der Waals surface area contributed by atoms with Gasteiger partial charge in [-0.15, -0.1) is 11.3 Å². The molecule has 2 aromatic carbocycles. The van der Waals surface area contributed by atoms with Crippen molar-refractivity contribution in [1.82, 2.24) is 4.98 Å². The van der Waals surface area contributed by atoms with E-state index in [1.165, 1.54) is 34.0 Å². The first-order valence-corrected chi connectivity index (χ1v) is 12.1. The Labute approximate surface area is 180 Å². The smallest absolute Gasteiger partial charge is 0.264 e. The SMILES string of the molecule is Cc1ccc(S(=O)(=O)N(C)c2ccc(C(=O)Nc3nc4c(s3)CCCC4)cc2)cc1. The second-order valence-corrected chi connectivity index (χ2v) is 10.4. The number of nitrogens with one attached hydrogen (secondary N) is 1. The van der Waals surface area contributed by atoms with E-state index in [0.29, 0.717) is 16.4 Å². The summed E-state index contributed by atoms with van der Waals surface area (Å²) in [4.78, 5) is 18.6. The molecule has 8 heteroatoms. The Morgan fingerprint density at radius 2 is 1.70 bits per heavy atom. The summed E-state index contributed by atoms with van der Waals surface area (Å²) >= 11 is 1.54. The van der Waals surface area contributed by atoms with E-state index < -0.39 is 10.0 Å². The minimum Gasteiger partial charge on any atom is -0.298 e. The highest BCUT2D eigenvalue weighted by molar-refractivity contribution is 7.92. The van der Waals surface area contributed by atoms with Gasteiger partial charge in [-0.3, -0.25) is 14.4 Å². The van der Waals surface area contributed by atoms with E-state index in [0.717, 1.165) is 30.5 Å². The van der Waals surface area contributed by atoms with Gasteiger partial charge in [0.15, 0.2) is 5.13 Å². The van der Waals surface area contributed by atoms with E-state index in [2.05, 4.69) is 10.3 Å². The molecule has 0 spiro atoms. The number of hydrogen-bond acceptors (Lipinski definition) is 5. The minimum absolute atomic E-state index is 0.227. The monoisotopic (exact) mass is 441 g/mol. The quantitative estimate of drug-likeness (QED) is 0.636. The van der Waals surface area contributed by atoms with E-state index in [4.69, 9.17) is 0 Å². The standard InChI is InChI=1S/C22H23N3O3S2/c1-15-7-13-18(14-8-15)30(27,28)25(2)17-11-9-16(10-12-17)21(26)24-22-23-19-5-3-4-6-20(19)29-22/h7-14H,3-6H2,1-2H3,(H,23,24,26). The van der Waals surface area contributed by atoms with E-state index in [9.17, 15) is 13.2 Å². The molecule has 0 fully saturated rings. The largest absolute Gasteiger partial charge is 0.298 e. The highest BCUT2D eigenvalue weighted by atomic mass is 32.2. The van der Waals surface area contributed by atoms with Crippen LogP contribution < -0.4 is 9.62 Å². The summed E-state index contributed by atoms with van der Waals surface area (Å²) in [6.07, 6.45) is 4.31. The number of aromatic nitrogens is 1. The van der Waals surface area contributed by atoms with Crippen molar-refractivity contribution in [3.05, 3.63) is 70.2 Å². The van der Waals surface area contributed by atoms with Gasteiger partial charge in [-0.1, -0.05) is 17.7 Å². The fraction of sp³-hybridized carbons (Fsp3) is 0.273. The van der Waals surface area contributed by atoms with Crippen LogP contribution >= 0.6 is 11.3 Å². The third-order valence-electron chi connectivity index (χ3n) is 5.24. The van der Waals surface area contributed by atoms with Crippen LogP contribution in [0.5, 0.6) is 0 Å². The predicted molar refractivity (Wildman–Crippen MR) is 120 cm³/mol. The first kappa shape index (κ1) is 20.6. The van der Waals surface area contributed by atoms with Gasteiger partial charge in [-0.2, -0.15) is 0 Å². The van der Waals surface area contributed by atoms with Crippen LogP contribution in [0.1, 0.15) is 39.3 Å². The Balaban J connectivity index is 1.48. The fourth-order valence-corrected chi connectivity index (χ4v) is 5.64. The number of rotatable bonds is 5. The zero-order valence-electron chi connectivity index (χ0n) is 16.9. The average molecular weight is 442 g/mol. The molecule has 0 unspecified atom stereocenters. The molecule has 6 nitrogen and oxygen atoms in total. The normalized spacial score (nSPS) is 13.5. The summed E-state index contributed by atoms with van der Waals surface area (Å²) in [7, 11) is -2.16. The van der Waals surface area contributed by atoms with Crippen molar-refractivity contribution in [3.8, 4) is 0 Å². The molecule has 3 aromatic rings. The molecule has 0 radical (unpaired) electrons. The number of amides is 1. The van der Waals surface area contributed by atoms with Crippen LogP contribution in [0.2, 0.25) is 0 Å². The van der Waals surface area contributed by atoms with Crippen LogP contribution in [-0.4, -0.2) is 26.4 Å². The Kier molecular flexibility index (Phi) is 5.62. The summed E-state index contributed by atoms with van der Waals surface area (Å²) in [6, 6.07) is 13.2. The van der Waals surface area contributed by atoms with Gasteiger partial charge in [0.05, 0.1) is 16.3 Å². The number of fused-ring (bicyclic) bond motifs is 1. The number of anilines is 2. The lowest BCUT2D eigenvalue weighted by molar-refractivity contribution is 0.102. The molecule has 1 heterocycles. The lowest BCUT2D eigenvalue weighted by Crippen LogP contribution is -2.26. The lowest BCUT2D eigenvalue weighted by atomic mass is 10.0. The van der Waals surface area contributed by atoms with Crippen LogP contribution in [0.3, 0.4) is 0 Å². The third kappa shape index (κ3) is 4.11. The maximum absolute atomic E-state index is 12.8. The van der Waals surface area contributed by atoms with Gasteiger partial charge < -0.3 is 0 Å². The maximum atomic E-state index is 12.8. The molecule has 0 saturated carbocycles. The van der Waals surface area contributed by atoms with Crippen LogP contribution in [0.15, 0.2) is 53.4 Å². The number of carbonyl (C=O) groups is 1. The molecule has 30 heavy (non-hydrogen) atoms. The van der Waals surface area contributed by atoms with Crippen molar-refractivity contribution in [2.45, 2.75) is 37.5 Å². The fourth-order valence-electron chi connectivity index (χ4n) is 3.40. The molecule has 0 aliphatic heterocycles. The number of benzene rings is 2. The van der Waals surface area contributed by atoms with Crippen LogP contribution in [0.4, 0.5) is 10.8 Å². The first-order valence-electron chi connectivity index (χ1n) is 9.80.